The van der Waals surface area contributed by atoms with E-state index in [0.717, 1.165) is 6.42 Å². The minimum Gasteiger partial charge on any atom is -0.465 e. The van der Waals surface area contributed by atoms with E-state index in [-0.39, 0.29) is 18.6 Å². The van der Waals surface area contributed by atoms with Crippen molar-refractivity contribution in [3.05, 3.63) is 0 Å². The fourth-order valence-electron chi connectivity index (χ4n) is 0.942. The third-order valence-corrected chi connectivity index (χ3v) is 1.74. The van der Waals surface area contributed by atoms with Gasteiger partial charge >= 0.3 is 5.97 Å². The molecule has 1 N–H and O–H groups in total. The van der Waals surface area contributed by atoms with Crippen molar-refractivity contribution in [1.29, 1.82) is 0 Å². The van der Waals surface area contributed by atoms with E-state index < -0.39 is 0 Å². The lowest BCUT2D eigenvalue weighted by molar-refractivity contribution is -0.142. The second-order valence-electron chi connectivity index (χ2n) is 2.70. The Kier molecular flexibility index (Phi) is 7.63. The molecule has 0 aromatic heterocycles. The van der Waals surface area contributed by atoms with Crippen LogP contribution < -0.4 is 5.32 Å². The largest absolute Gasteiger partial charge is 0.465 e. The number of nitrogens with one attached hydrogen (secondary N) is 1. The Bertz CT molecular complexity index is 135. The van der Waals surface area contributed by atoms with Crippen LogP contribution in [0.4, 0.5) is 0 Å². The van der Waals surface area contributed by atoms with Crippen LogP contribution in [0, 0.1) is 0 Å². The molecule has 0 spiro atoms. The maximum atomic E-state index is 10.9. The zero-order valence-electron chi connectivity index (χ0n) is 8.63. The van der Waals surface area contributed by atoms with Crippen LogP contribution >= 0.6 is 0 Å². The van der Waals surface area contributed by atoms with Crippen molar-refractivity contribution in [2.24, 2.45) is 0 Å². The average Bonchev–Trinajstić information content (AvgIpc) is 2.13. The van der Waals surface area contributed by atoms with Crippen LogP contribution in [0.15, 0.2) is 0 Å². The van der Waals surface area contributed by atoms with Gasteiger partial charge in [-0.1, -0.05) is 6.92 Å². The SMILES string of the molecule is CCOC(=O)CNCC(CC)OC. The molecule has 0 aromatic carbocycles. The van der Waals surface area contributed by atoms with Crippen molar-refractivity contribution in [3.8, 4) is 0 Å². The summed E-state index contributed by atoms with van der Waals surface area (Å²) in [6.07, 6.45) is 1.11. The number of hydrogen-bond donors (Lipinski definition) is 1. The first kappa shape index (κ1) is 12.4. The molecule has 0 heterocycles. The van der Waals surface area contributed by atoms with Gasteiger partial charge in [0.1, 0.15) is 0 Å². The van der Waals surface area contributed by atoms with Gasteiger partial charge in [0.05, 0.1) is 19.3 Å². The molecule has 4 nitrogen and oxygen atoms in total. The van der Waals surface area contributed by atoms with Crippen LogP contribution in [0.25, 0.3) is 0 Å². The number of methoxy groups -OCH3 is 1. The van der Waals surface area contributed by atoms with Crippen molar-refractivity contribution in [1.82, 2.24) is 5.32 Å². The smallest absolute Gasteiger partial charge is 0.319 e. The fraction of sp³-hybridized carbons (Fsp3) is 0.889. The molecule has 0 saturated carbocycles. The molecule has 13 heavy (non-hydrogen) atoms. The fourth-order valence-corrected chi connectivity index (χ4v) is 0.942. The number of ether oxygens (including phenoxy) is 2. The molecule has 0 fully saturated rings. The molecule has 1 atom stereocenters. The Morgan fingerprint density at radius 1 is 1.46 bits per heavy atom. The molecular formula is C9H19NO3. The summed E-state index contributed by atoms with van der Waals surface area (Å²) in [5, 5.41) is 2.97. The van der Waals surface area contributed by atoms with E-state index in [0.29, 0.717) is 13.2 Å². The molecule has 0 aliphatic heterocycles. The number of hydrogen-bond acceptors (Lipinski definition) is 4. The highest BCUT2D eigenvalue weighted by Crippen LogP contribution is 1.92. The van der Waals surface area contributed by atoms with Crippen LogP contribution in [0.1, 0.15) is 20.3 Å². The third-order valence-electron chi connectivity index (χ3n) is 1.74. The van der Waals surface area contributed by atoms with Gasteiger partial charge in [-0.05, 0) is 13.3 Å². The highest BCUT2D eigenvalue weighted by molar-refractivity contribution is 5.71. The Hall–Kier alpha value is -0.610. The molecule has 4 heteroatoms. The molecular weight excluding hydrogens is 170 g/mol. The first-order valence-electron chi connectivity index (χ1n) is 4.63. The van der Waals surface area contributed by atoms with E-state index in [2.05, 4.69) is 5.32 Å². The molecule has 0 aliphatic rings. The predicted octanol–water partition coefficient (Wildman–Crippen LogP) is 0.564. The van der Waals surface area contributed by atoms with Crippen LogP contribution in [-0.2, 0) is 14.3 Å². The summed E-state index contributed by atoms with van der Waals surface area (Å²) in [5.41, 5.74) is 0. The summed E-state index contributed by atoms with van der Waals surface area (Å²) in [5.74, 6) is -0.214. The first-order chi connectivity index (χ1) is 6.24. The first-order valence-corrected chi connectivity index (χ1v) is 4.63. The van der Waals surface area contributed by atoms with Gasteiger partial charge in [0.25, 0.3) is 0 Å². The monoisotopic (exact) mass is 189 g/mol. The summed E-state index contributed by atoms with van der Waals surface area (Å²) in [7, 11) is 1.67. The van der Waals surface area contributed by atoms with Crippen LogP contribution in [0.2, 0.25) is 0 Å². The zero-order chi connectivity index (χ0) is 10.1. The lowest BCUT2D eigenvalue weighted by atomic mass is 10.3. The Morgan fingerprint density at radius 2 is 2.15 bits per heavy atom. The van der Waals surface area contributed by atoms with E-state index >= 15 is 0 Å². The van der Waals surface area contributed by atoms with E-state index in [9.17, 15) is 4.79 Å². The van der Waals surface area contributed by atoms with E-state index in [4.69, 9.17) is 9.47 Å². The van der Waals surface area contributed by atoms with Gasteiger partial charge in [0, 0.05) is 13.7 Å². The van der Waals surface area contributed by atoms with Crippen LogP contribution in [0.5, 0.6) is 0 Å². The van der Waals surface area contributed by atoms with Crippen molar-refractivity contribution in [2.45, 2.75) is 26.4 Å². The molecule has 0 bridgehead atoms. The van der Waals surface area contributed by atoms with Crippen LogP contribution in [0.3, 0.4) is 0 Å². The molecule has 0 aromatic rings. The quantitative estimate of drug-likeness (QED) is 0.595. The predicted molar refractivity (Wildman–Crippen MR) is 50.6 cm³/mol. The molecule has 78 valence electrons. The van der Waals surface area contributed by atoms with Crippen molar-refractivity contribution >= 4 is 5.97 Å². The second-order valence-corrected chi connectivity index (χ2v) is 2.70. The van der Waals surface area contributed by atoms with Gasteiger partial charge < -0.3 is 14.8 Å². The number of rotatable bonds is 7. The van der Waals surface area contributed by atoms with Gasteiger partial charge in [-0.2, -0.15) is 0 Å². The summed E-state index contributed by atoms with van der Waals surface area (Å²) in [6, 6.07) is 0. The highest BCUT2D eigenvalue weighted by atomic mass is 16.5. The van der Waals surface area contributed by atoms with Crippen molar-refractivity contribution < 1.29 is 14.3 Å². The molecule has 0 rings (SSSR count). The Labute approximate surface area is 79.6 Å². The van der Waals surface area contributed by atoms with Gasteiger partial charge in [-0.25, -0.2) is 0 Å². The number of esters is 1. The van der Waals surface area contributed by atoms with Gasteiger partial charge in [0.15, 0.2) is 0 Å². The molecule has 0 radical (unpaired) electrons. The van der Waals surface area contributed by atoms with Gasteiger partial charge in [-0.15, -0.1) is 0 Å². The second kappa shape index (κ2) is 8.01. The maximum Gasteiger partial charge on any atom is 0.319 e. The van der Waals surface area contributed by atoms with E-state index in [1.807, 2.05) is 6.92 Å². The normalized spacial score (nSPS) is 12.5. The summed E-state index contributed by atoms with van der Waals surface area (Å²) in [6.45, 7) is 5.21. The molecule has 0 amide bonds. The number of carbonyl (C=O) groups excluding carboxylic acids is 1. The Morgan fingerprint density at radius 3 is 2.62 bits per heavy atom. The van der Waals surface area contributed by atoms with E-state index in [1.165, 1.54) is 0 Å². The molecule has 0 saturated heterocycles. The maximum absolute atomic E-state index is 10.9. The van der Waals surface area contributed by atoms with Crippen LogP contribution in [-0.4, -0.2) is 38.9 Å². The van der Waals surface area contributed by atoms with Crippen molar-refractivity contribution in [2.75, 3.05) is 26.8 Å². The summed E-state index contributed by atoms with van der Waals surface area (Å²) < 4.78 is 9.88. The van der Waals surface area contributed by atoms with Gasteiger partial charge in [-0.3, -0.25) is 4.79 Å². The zero-order valence-corrected chi connectivity index (χ0v) is 8.63. The summed E-state index contributed by atoms with van der Waals surface area (Å²) in [4.78, 5) is 10.9. The average molecular weight is 189 g/mol. The molecule has 1 unspecified atom stereocenters. The van der Waals surface area contributed by atoms with Gasteiger partial charge in [0.2, 0.25) is 0 Å². The third kappa shape index (κ3) is 6.54. The minimum atomic E-state index is -0.214. The number of carbonyl (C=O) groups is 1. The standard InChI is InChI=1S/C9H19NO3/c1-4-8(12-3)6-10-7-9(11)13-5-2/h8,10H,4-7H2,1-3H3. The highest BCUT2D eigenvalue weighted by Gasteiger charge is 2.05. The summed E-state index contributed by atoms with van der Waals surface area (Å²) >= 11 is 0. The van der Waals surface area contributed by atoms with E-state index in [1.54, 1.807) is 14.0 Å². The Balaban J connectivity index is 3.37. The lowest BCUT2D eigenvalue weighted by Gasteiger charge is -2.13. The topological polar surface area (TPSA) is 47.6 Å². The minimum absolute atomic E-state index is 0.175. The van der Waals surface area contributed by atoms with Crippen molar-refractivity contribution in [3.63, 3.8) is 0 Å². The lowest BCUT2D eigenvalue weighted by Crippen LogP contribution is -2.32. The molecule has 0 aliphatic carbocycles.